The zero-order valence-electron chi connectivity index (χ0n) is 18.0. The summed E-state index contributed by atoms with van der Waals surface area (Å²) in [5.41, 5.74) is 0.260. The van der Waals surface area contributed by atoms with Gasteiger partial charge in [-0.15, -0.1) is 0 Å². The molecule has 0 aliphatic heterocycles. The molecule has 176 valence electrons. The molecule has 10 heteroatoms. The van der Waals surface area contributed by atoms with Crippen molar-refractivity contribution in [3.05, 3.63) is 84.4 Å². The number of carbonyl (C=O) groups is 2. The molecule has 0 atom stereocenters. The number of anilines is 2. The SMILES string of the molecule is O=C1CCCC(=O)C1c1cc(NS(=O)(=O)c2ccccc2)ccc1NS(=O)(=O)c1ccccc1. The Balaban J connectivity index is 1.76. The highest BCUT2D eigenvalue weighted by molar-refractivity contribution is 7.93. The van der Waals surface area contributed by atoms with Crippen molar-refractivity contribution in [1.82, 2.24) is 0 Å². The zero-order chi connectivity index (χ0) is 24.3. The molecule has 2 N–H and O–H groups in total. The first kappa shape index (κ1) is 23.7. The van der Waals surface area contributed by atoms with E-state index >= 15 is 0 Å². The van der Waals surface area contributed by atoms with Crippen molar-refractivity contribution < 1.29 is 26.4 Å². The predicted molar refractivity (Wildman–Crippen MR) is 128 cm³/mol. The highest BCUT2D eigenvalue weighted by atomic mass is 32.2. The number of benzene rings is 3. The number of hydrogen-bond donors (Lipinski definition) is 2. The summed E-state index contributed by atoms with van der Waals surface area (Å²) in [7, 11) is -7.95. The molecule has 0 spiro atoms. The molecule has 0 aromatic heterocycles. The van der Waals surface area contributed by atoms with Crippen LogP contribution in [0, 0.1) is 0 Å². The van der Waals surface area contributed by atoms with E-state index in [4.69, 9.17) is 0 Å². The van der Waals surface area contributed by atoms with Crippen LogP contribution in [0.4, 0.5) is 11.4 Å². The normalized spacial score (nSPS) is 15.2. The molecule has 1 aliphatic carbocycles. The van der Waals surface area contributed by atoms with Gasteiger partial charge >= 0.3 is 0 Å². The molecule has 1 fully saturated rings. The molecule has 1 saturated carbocycles. The van der Waals surface area contributed by atoms with Gasteiger partial charge in [-0.05, 0) is 54.4 Å². The van der Waals surface area contributed by atoms with E-state index in [1.54, 1.807) is 36.4 Å². The summed E-state index contributed by atoms with van der Waals surface area (Å²) < 4.78 is 56.2. The summed E-state index contributed by atoms with van der Waals surface area (Å²) in [4.78, 5) is 25.4. The van der Waals surface area contributed by atoms with Gasteiger partial charge in [-0.3, -0.25) is 19.0 Å². The first-order valence-electron chi connectivity index (χ1n) is 10.5. The fourth-order valence-corrected chi connectivity index (χ4v) is 6.01. The molecule has 3 aromatic rings. The molecule has 34 heavy (non-hydrogen) atoms. The van der Waals surface area contributed by atoms with Crippen molar-refractivity contribution in [3.63, 3.8) is 0 Å². The van der Waals surface area contributed by atoms with E-state index in [1.807, 2.05) is 0 Å². The third-order valence-electron chi connectivity index (χ3n) is 5.46. The molecule has 0 bridgehead atoms. The molecule has 4 rings (SSSR count). The smallest absolute Gasteiger partial charge is 0.261 e. The van der Waals surface area contributed by atoms with Crippen LogP contribution in [0.25, 0.3) is 0 Å². The lowest BCUT2D eigenvalue weighted by Crippen LogP contribution is -2.28. The van der Waals surface area contributed by atoms with E-state index < -0.39 is 26.0 Å². The Morgan fingerprint density at radius 3 is 1.68 bits per heavy atom. The maximum absolute atomic E-state index is 12.9. The second kappa shape index (κ2) is 9.40. The molecule has 0 unspecified atom stereocenters. The van der Waals surface area contributed by atoms with Crippen LogP contribution in [-0.2, 0) is 29.6 Å². The Hall–Kier alpha value is -3.50. The highest BCUT2D eigenvalue weighted by Gasteiger charge is 2.34. The number of sulfonamides is 2. The lowest BCUT2D eigenvalue weighted by atomic mass is 9.81. The molecular weight excluding hydrogens is 476 g/mol. The number of hydrogen-bond acceptors (Lipinski definition) is 6. The molecule has 0 heterocycles. The van der Waals surface area contributed by atoms with Gasteiger partial charge in [0.05, 0.1) is 15.5 Å². The van der Waals surface area contributed by atoms with Crippen LogP contribution < -0.4 is 9.44 Å². The van der Waals surface area contributed by atoms with Crippen molar-refractivity contribution in [3.8, 4) is 0 Å². The third kappa shape index (κ3) is 5.02. The first-order chi connectivity index (χ1) is 16.2. The molecule has 0 amide bonds. The fraction of sp³-hybridized carbons (Fsp3) is 0.167. The quantitative estimate of drug-likeness (QED) is 0.479. The molecule has 1 aliphatic rings. The summed E-state index contributed by atoms with van der Waals surface area (Å²) >= 11 is 0. The standard InChI is InChI=1S/C24H22N2O6S2/c27-22-12-7-13-23(28)24(22)20-16-17(25-33(29,30)18-8-3-1-4-9-18)14-15-21(20)26-34(31,32)19-10-5-2-6-11-19/h1-6,8-11,14-16,24-26H,7,12-13H2. The van der Waals surface area contributed by atoms with E-state index in [9.17, 15) is 26.4 Å². The van der Waals surface area contributed by atoms with E-state index in [-0.39, 0.29) is 51.1 Å². The monoisotopic (exact) mass is 498 g/mol. The topological polar surface area (TPSA) is 126 Å². The third-order valence-corrected chi connectivity index (χ3v) is 8.24. The van der Waals surface area contributed by atoms with Gasteiger partial charge in [0, 0.05) is 18.5 Å². The maximum atomic E-state index is 12.9. The van der Waals surface area contributed by atoms with E-state index in [2.05, 4.69) is 9.44 Å². The Morgan fingerprint density at radius 1 is 0.647 bits per heavy atom. The van der Waals surface area contributed by atoms with Crippen molar-refractivity contribution in [2.24, 2.45) is 0 Å². The minimum atomic E-state index is -4.01. The Morgan fingerprint density at radius 2 is 1.15 bits per heavy atom. The van der Waals surface area contributed by atoms with Crippen molar-refractivity contribution in [1.29, 1.82) is 0 Å². The van der Waals surface area contributed by atoms with Gasteiger partial charge in [-0.25, -0.2) is 16.8 Å². The first-order valence-corrected chi connectivity index (χ1v) is 13.5. The maximum Gasteiger partial charge on any atom is 0.261 e. The molecule has 3 aromatic carbocycles. The second-order valence-electron chi connectivity index (χ2n) is 7.86. The summed E-state index contributed by atoms with van der Waals surface area (Å²) in [6.07, 6.45) is 0.794. The average molecular weight is 499 g/mol. The van der Waals surface area contributed by atoms with Gasteiger partial charge in [0.15, 0.2) is 0 Å². The number of nitrogens with one attached hydrogen (secondary N) is 2. The number of ketones is 2. The molecular formula is C24H22N2O6S2. The molecule has 8 nitrogen and oxygen atoms in total. The van der Waals surface area contributed by atoms with E-state index in [1.165, 1.54) is 42.5 Å². The number of carbonyl (C=O) groups excluding carboxylic acids is 2. The van der Waals surface area contributed by atoms with Gasteiger partial charge in [-0.1, -0.05) is 36.4 Å². The van der Waals surface area contributed by atoms with Crippen LogP contribution in [0.15, 0.2) is 88.7 Å². The molecule has 0 saturated heterocycles. The van der Waals surface area contributed by atoms with Crippen LogP contribution in [0.1, 0.15) is 30.7 Å². The second-order valence-corrected chi connectivity index (χ2v) is 11.2. The van der Waals surface area contributed by atoms with E-state index in [0.29, 0.717) is 6.42 Å². The van der Waals surface area contributed by atoms with Gasteiger partial charge < -0.3 is 0 Å². The number of Topliss-reactive ketones (excluding diaryl/α,β-unsaturated/α-hetero) is 2. The van der Waals surface area contributed by atoms with E-state index in [0.717, 1.165) is 0 Å². The van der Waals surface area contributed by atoms with Crippen LogP contribution in [0.2, 0.25) is 0 Å². The van der Waals surface area contributed by atoms with Gasteiger partial charge in [0.1, 0.15) is 17.5 Å². The molecule has 0 radical (unpaired) electrons. The van der Waals surface area contributed by atoms with Gasteiger partial charge in [0.2, 0.25) is 0 Å². The Kier molecular flexibility index (Phi) is 6.54. The van der Waals surface area contributed by atoms with Gasteiger partial charge in [-0.2, -0.15) is 0 Å². The van der Waals surface area contributed by atoms with Crippen molar-refractivity contribution >= 4 is 43.0 Å². The van der Waals surface area contributed by atoms with Gasteiger partial charge in [0.25, 0.3) is 20.0 Å². The van der Waals surface area contributed by atoms with Crippen LogP contribution in [-0.4, -0.2) is 28.4 Å². The average Bonchev–Trinajstić information content (AvgIpc) is 2.81. The van der Waals surface area contributed by atoms with Crippen molar-refractivity contribution in [2.45, 2.75) is 35.0 Å². The Labute approximate surface area is 198 Å². The summed E-state index contributed by atoms with van der Waals surface area (Å²) in [5, 5.41) is 0. The minimum Gasteiger partial charge on any atom is -0.299 e. The van der Waals surface area contributed by atoms with Crippen LogP contribution in [0.5, 0.6) is 0 Å². The summed E-state index contributed by atoms with van der Waals surface area (Å²) in [5.74, 6) is -1.85. The largest absolute Gasteiger partial charge is 0.299 e. The lowest BCUT2D eigenvalue weighted by Gasteiger charge is -2.23. The fourth-order valence-electron chi connectivity index (χ4n) is 3.83. The predicted octanol–water partition coefficient (Wildman–Crippen LogP) is 3.69. The van der Waals surface area contributed by atoms with Crippen LogP contribution >= 0.6 is 0 Å². The lowest BCUT2D eigenvalue weighted by molar-refractivity contribution is -0.131. The number of rotatable bonds is 7. The summed E-state index contributed by atoms with van der Waals surface area (Å²) in [6.45, 7) is 0. The summed E-state index contributed by atoms with van der Waals surface area (Å²) in [6, 6.07) is 19.5. The van der Waals surface area contributed by atoms with Crippen LogP contribution in [0.3, 0.4) is 0 Å². The zero-order valence-corrected chi connectivity index (χ0v) is 19.6. The highest BCUT2D eigenvalue weighted by Crippen LogP contribution is 2.35. The van der Waals surface area contributed by atoms with Crippen molar-refractivity contribution in [2.75, 3.05) is 9.44 Å². The minimum absolute atomic E-state index is 0.0103. The Bertz CT molecular complexity index is 1420.